The number of benzene rings is 1. The van der Waals surface area contributed by atoms with E-state index in [1.807, 2.05) is 0 Å². The first kappa shape index (κ1) is 10.7. The second kappa shape index (κ2) is 4.77. The Labute approximate surface area is 92.1 Å². The average Bonchev–Trinajstić information content (AvgIpc) is 2.65. The van der Waals surface area contributed by atoms with Crippen LogP contribution in [0, 0.1) is 12.8 Å². The zero-order valence-electron chi connectivity index (χ0n) is 9.45. The molecule has 1 saturated heterocycles. The molecule has 82 valence electrons. The predicted molar refractivity (Wildman–Crippen MR) is 63.6 cm³/mol. The quantitative estimate of drug-likeness (QED) is 0.813. The van der Waals surface area contributed by atoms with Gasteiger partial charge < -0.3 is 5.73 Å². The van der Waals surface area contributed by atoms with Crippen molar-refractivity contribution in [1.29, 1.82) is 0 Å². The molecule has 2 rings (SSSR count). The lowest BCUT2D eigenvalue weighted by Gasteiger charge is -2.15. The predicted octanol–water partition coefficient (Wildman–Crippen LogP) is 1.78. The first-order valence-electron chi connectivity index (χ1n) is 5.76. The monoisotopic (exact) mass is 204 g/mol. The fourth-order valence-electron chi connectivity index (χ4n) is 2.32. The summed E-state index contributed by atoms with van der Waals surface area (Å²) in [6, 6.07) is 8.77. The molecule has 2 nitrogen and oxygen atoms in total. The number of nitrogens with zero attached hydrogens (tertiary/aromatic N) is 1. The van der Waals surface area contributed by atoms with Gasteiger partial charge in [0.05, 0.1) is 0 Å². The van der Waals surface area contributed by atoms with Gasteiger partial charge in [0.15, 0.2) is 0 Å². The zero-order valence-corrected chi connectivity index (χ0v) is 9.45. The van der Waals surface area contributed by atoms with Crippen molar-refractivity contribution in [2.45, 2.75) is 19.9 Å². The van der Waals surface area contributed by atoms with Crippen LogP contribution in [0.25, 0.3) is 0 Å². The molecular formula is C13H20N2. The Morgan fingerprint density at radius 1 is 1.47 bits per heavy atom. The first-order chi connectivity index (χ1) is 7.28. The summed E-state index contributed by atoms with van der Waals surface area (Å²) in [5.74, 6) is 0.717. The number of rotatable bonds is 3. The van der Waals surface area contributed by atoms with E-state index in [1.165, 1.54) is 30.6 Å². The molecule has 0 aliphatic carbocycles. The Bertz CT molecular complexity index is 322. The minimum Gasteiger partial charge on any atom is -0.330 e. The van der Waals surface area contributed by atoms with E-state index >= 15 is 0 Å². The third-order valence-corrected chi connectivity index (χ3v) is 3.19. The summed E-state index contributed by atoms with van der Waals surface area (Å²) < 4.78 is 0. The molecule has 1 unspecified atom stereocenters. The lowest BCUT2D eigenvalue weighted by molar-refractivity contribution is 0.318. The Kier molecular flexibility index (Phi) is 3.39. The van der Waals surface area contributed by atoms with E-state index in [9.17, 15) is 0 Å². The fraction of sp³-hybridized carbons (Fsp3) is 0.538. The van der Waals surface area contributed by atoms with Gasteiger partial charge in [-0.1, -0.05) is 29.8 Å². The van der Waals surface area contributed by atoms with Gasteiger partial charge in [0, 0.05) is 13.1 Å². The molecule has 15 heavy (non-hydrogen) atoms. The van der Waals surface area contributed by atoms with Gasteiger partial charge in [-0.05, 0) is 37.9 Å². The fourth-order valence-corrected chi connectivity index (χ4v) is 2.32. The second-order valence-electron chi connectivity index (χ2n) is 4.61. The van der Waals surface area contributed by atoms with Gasteiger partial charge in [0.2, 0.25) is 0 Å². The zero-order chi connectivity index (χ0) is 10.7. The first-order valence-corrected chi connectivity index (χ1v) is 5.76. The van der Waals surface area contributed by atoms with Crippen LogP contribution in [-0.2, 0) is 6.54 Å². The molecule has 0 radical (unpaired) electrons. The number of nitrogens with two attached hydrogens (primary N) is 1. The van der Waals surface area contributed by atoms with Crippen LogP contribution < -0.4 is 5.73 Å². The van der Waals surface area contributed by atoms with Gasteiger partial charge in [-0.15, -0.1) is 0 Å². The lowest BCUT2D eigenvalue weighted by atomic mass is 10.1. The minimum atomic E-state index is 0.717. The molecule has 2 N–H and O–H groups in total. The minimum absolute atomic E-state index is 0.717. The molecule has 0 saturated carbocycles. The summed E-state index contributed by atoms with van der Waals surface area (Å²) in [6.45, 7) is 6.44. The number of likely N-dealkylation sites (tertiary alicyclic amines) is 1. The van der Waals surface area contributed by atoms with Crippen molar-refractivity contribution in [1.82, 2.24) is 4.90 Å². The van der Waals surface area contributed by atoms with E-state index < -0.39 is 0 Å². The van der Waals surface area contributed by atoms with Crippen LogP contribution in [0.4, 0.5) is 0 Å². The van der Waals surface area contributed by atoms with Crippen LogP contribution in [0.1, 0.15) is 17.5 Å². The van der Waals surface area contributed by atoms with Crippen LogP contribution in [0.15, 0.2) is 24.3 Å². The highest BCUT2D eigenvalue weighted by Gasteiger charge is 2.20. The van der Waals surface area contributed by atoms with Gasteiger partial charge in [0.25, 0.3) is 0 Å². The van der Waals surface area contributed by atoms with Crippen molar-refractivity contribution < 1.29 is 0 Å². The van der Waals surface area contributed by atoms with Crippen LogP contribution >= 0.6 is 0 Å². The van der Waals surface area contributed by atoms with Gasteiger partial charge in [-0.2, -0.15) is 0 Å². The summed E-state index contributed by atoms with van der Waals surface area (Å²) in [7, 11) is 0. The summed E-state index contributed by atoms with van der Waals surface area (Å²) in [4.78, 5) is 2.51. The summed E-state index contributed by atoms with van der Waals surface area (Å²) in [6.07, 6.45) is 1.27. The highest BCUT2D eigenvalue weighted by molar-refractivity contribution is 5.22. The SMILES string of the molecule is Cc1cccc(CN2CCC(CN)C2)c1. The van der Waals surface area contributed by atoms with Crippen molar-refractivity contribution in [3.8, 4) is 0 Å². The van der Waals surface area contributed by atoms with Crippen LogP contribution in [0.5, 0.6) is 0 Å². The maximum Gasteiger partial charge on any atom is 0.0233 e. The van der Waals surface area contributed by atoms with E-state index in [0.717, 1.165) is 19.0 Å². The second-order valence-corrected chi connectivity index (χ2v) is 4.61. The average molecular weight is 204 g/mol. The maximum absolute atomic E-state index is 5.69. The third-order valence-electron chi connectivity index (χ3n) is 3.19. The van der Waals surface area contributed by atoms with Crippen LogP contribution in [-0.4, -0.2) is 24.5 Å². The lowest BCUT2D eigenvalue weighted by Crippen LogP contribution is -2.22. The summed E-state index contributed by atoms with van der Waals surface area (Å²) in [5.41, 5.74) is 8.46. The molecule has 1 aromatic rings. The molecule has 0 aromatic heterocycles. The van der Waals surface area contributed by atoms with Crippen molar-refractivity contribution >= 4 is 0 Å². The van der Waals surface area contributed by atoms with E-state index in [4.69, 9.17) is 5.73 Å². The molecule has 1 atom stereocenters. The van der Waals surface area contributed by atoms with Gasteiger partial charge in [-0.25, -0.2) is 0 Å². The number of hydrogen-bond donors (Lipinski definition) is 1. The Balaban J connectivity index is 1.92. The number of aryl methyl sites for hydroxylation is 1. The normalized spacial score (nSPS) is 22.1. The van der Waals surface area contributed by atoms with E-state index in [0.29, 0.717) is 0 Å². The van der Waals surface area contributed by atoms with Crippen molar-refractivity contribution in [3.05, 3.63) is 35.4 Å². The highest BCUT2D eigenvalue weighted by atomic mass is 15.1. The molecule has 1 aromatic carbocycles. The third kappa shape index (κ3) is 2.80. The van der Waals surface area contributed by atoms with E-state index in [-0.39, 0.29) is 0 Å². The van der Waals surface area contributed by atoms with Gasteiger partial charge >= 0.3 is 0 Å². The molecular weight excluding hydrogens is 184 g/mol. The number of hydrogen-bond acceptors (Lipinski definition) is 2. The van der Waals surface area contributed by atoms with Gasteiger partial charge in [0.1, 0.15) is 0 Å². The molecule has 0 bridgehead atoms. The molecule has 0 amide bonds. The summed E-state index contributed by atoms with van der Waals surface area (Å²) in [5, 5.41) is 0. The Hall–Kier alpha value is -0.860. The smallest absolute Gasteiger partial charge is 0.0233 e. The van der Waals surface area contributed by atoms with Gasteiger partial charge in [-0.3, -0.25) is 4.90 Å². The molecule has 1 fully saturated rings. The summed E-state index contributed by atoms with van der Waals surface area (Å²) >= 11 is 0. The Morgan fingerprint density at radius 3 is 3.00 bits per heavy atom. The van der Waals surface area contributed by atoms with Crippen LogP contribution in [0.2, 0.25) is 0 Å². The molecule has 2 heteroatoms. The van der Waals surface area contributed by atoms with E-state index in [1.54, 1.807) is 0 Å². The molecule has 1 aliphatic rings. The largest absolute Gasteiger partial charge is 0.330 e. The Morgan fingerprint density at radius 2 is 2.33 bits per heavy atom. The molecule has 1 heterocycles. The van der Waals surface area contributed by atoms with Crippen molar-refractivity contribution in [2.24, 2.45) is 11.7 Å². The standard InChI is InChI=1S/C13H20N2/c1-11-3-2-4-12(7-11)9-15-6-5-13(8-14)10-15/h2-4,7,13H,5-6,8-10,14H2,1H3. The molecule has 1 aliphatic heterocycles. The highest BCUT2D eigenvalue weighted by Crippen LogP contribution is 2.17. The topological polar surface area (TPSA) is 29.3 Å². The van der Waals surface area contributed by atoms with E-state index in [2.05, 4.69) is 36.1 Å². The molecule has 0 spiro atoms. The van der Waals surface area contributed by atoms with Crippen molar-refractivity contribution in [3.63, 3.8) is 0 Å². The van der Waals surface area contributed by atoms with Crippen LogP contribution in [0.3, 0.4) is 0 Å². The van der Waals surface area contributed by atoms with Crippen molar-refractivity contribution in [2.75, 3.05) is 19.6 Å². The maximum atomic E-state index is 5.69.